The summed E-state index contributed by atoms with van der Waals surface area (Å²) in [6.45, 7) is 7.39. The molecule has 1 aromatic heterocycles. The first kappa shape index (κ1) is 22.0. The van der Waals surface area contributed by atoms with Crippen molar-refractivity contribution in [3.8, 4) is 16.9 Å². The average Bonchev–Trinajstić information content (AvgIpc) is 2.77. The number of rotatable bonds is 4. The highest BCUT2D eigenvalue weighted by Crippen LogP contribution is 2.26. The maximum absolute atomic E-state index is 13.6. The highest BCUT2D eigenvalue weighted by atomic mass is 16.5. The van der Waals surface area contributed by atoms with Crippen LogP contribution in [0.1, 0.15) is 47.1 Å². The summed E-state index contributed by atoms with van der Waals surface area (Å²) in [6, 6.07) is 14.3. The van der Waals surface area contributed by atoms with E-state index in [2.05, 4.69) is 15.6 Å². The Hall–Kier alpha value is -3.74. The molecule has 0 saturated heterocycles. The number of hydrogen-bond donors (Lipinski definition) is 1. The largest absolute Gasteiger partial charge is 0.496 e. The second kappa shape index (κ2) is 8.95. The number of aromatic nitrogens is 2. The van der Waals surface area contributed by atoms with Crippen LogP contribution in [0, 0.1) is 6.92 Å². The summed E-state index contributed by atoms with van der Waals surface area (Å²) in [6.07, 6.45) is 3.18. The highest BCUT2D eigenvalue weighted by Gasteiger charge is 2.31. The number of methoxy groups -OCH3 is 1. The van der Waals surface area contributed by atoms with E-state index < -0.39 is 5.54 Å². The van der Waals surface area contributed by atoms with Crippen molar-refractivity contribution in [1.82, 2.24) is 20.6 Å². The summed E-state index contributed by atoms with van der Waals surface area (Å²) in [5, 5.41) is 9.08. The molecule has 0 unspecified atom stereocenters. The van der Waals surface area contributed by atoms with Gasteiger partial charge in [0.1, 0.15) is 5.75 Å². The van der Waals surface area contributed by atoms with Gasteiger partial charge >= 0.3 is 0 Å². The van der Waals surface area contributed by atoms with Crippen LogP contribution in [0.2, 0.25) is 0 Å². The fourth-order valence-electron chi connectivity index (χ4n) is 3.26. The van der Waals surface area contributed by atoms with E-state index in [-0.39, 0.29) is 11.8 Å². The van der Waals surface area contributed by atoms with E-state index in [9.17, 15) is 9.59 Å². The molecule has 0 fully saturated rings. The number of hydrazine groups is 1. The zero-order valence-electron chi connectivity index (χ0n) is 18.3. The molecule has 31 heavy (non-hydrogen) atoms. The Balaban J connectivity index is 1.99. The van der Waals surface area contributed by atoms with Gasteiger partial charge in [-0.3, -0.25) is 15.0 Å². The second-order valence-electron chi connectivity index (χ2n) is 8.06. The lowest BCUT2D eigenvalue weighted by Gasteiger charge is -2.36. The van der Waals surface area contributed by atoms with Gasteiger partial charge in [-0.15, -0.1) is 0 Å². The third kappa shape index (κ3) is 4.71. The van der Waals surface area contributed by atoms with E-state index in [1.165, 1.54) is 5.01 Å². The Labute approximate surface area is 182 Å². The molecule has 7 nitrogen and oxygen atoms in total. The zero-order chi connectivity index (χ0) is 22.6. The summed E-state index contributed by atoms with van der Waals surface area (Å²) in [4.78, 5) is 26.7. The summed E-state index contributed by atoms with van der Waals surface area (Å²) >= 11 is 0. The number of nitrogens with zero attached hydrogens (tertiary/aromatic N) is 3. The summed E-state index contributed by atoms with van der Waals surface area (Å²) in [5.74, 6) is -0.103. The van der Waals surface area contributed by atoms with Gasteiger partial charge in [0.2, 0.25) is 0 Å². The Morgan fingerprint density at radius 3 is 2.32 bits per heavy atom. The predicted molar refractivity (Wildman–Crippen MR) is 119 cm³/mol. The normalized spacial score (nSPS) is 11.0. The molecule has 1 N–H and O–H groups in total. The molecular formula is C24H26N4O3. The van der Waals surface area contributed by atoms with Crippen LogP contribution < -0.4 is 10.2 Å². The maximum atomic E-state index is 13.6. The first-order chi connectivity index (χ1) is 14.7. The molecule has 2 aromatic carbocycles. The number of benzene rings is 2. The summed E-state index contributed by atoms with van der Waals surface area (Å²) < 4.78 is 5.32. The van der Waals surface area contributed by atoms with Gasteiger partial charge in [-0.05, 0) is 57.5 Å². The van der Waals surface area contributed by atoms with Crippen LogP contribution in [0.25, 0.3) is 11.1 Å². The van der Waals surface area contributed by atoms with Crippen LogP contribution in [-0.4, -0.2) is 39.7 Å². The van der Waals surface area contributed by atoms with E-state index >= 15 is 0 Å². The lowest BCUT2D eigenvalue weighted by molar-refractivity contribution is 0.0359. The number of hydrogen-bond acceptors (Lipinski definition) is 5. The molecule has 0 aliphatic heterocycles. The minimum Gasteiger partial charge on any atom is -0.496 e. The molecule has 0 bridgehead atoms. The van der Waals surface area contributed by atoms with Gasteiger partial charge in [-0.2, -0.15) is 10.2 Å². The van der Waals surface area contributed by atoms with Crippen molar-refractivity contribution in [2.45, 2.75) is 33.2 Å². The number of ether oxygens (including phenoxy) is 1. The van der Waals surface area contributed by atoms with Crippen LogP contribution >= 0.6 is 0 Å². The quantitative estimate of drug-likeness (QED) is 0.646. The third-order valence-corrected chi connectivity index (χ3v) is 4.89. The van der Waals surface area contributed by atoms with Crippen molar-refractivity contribution >= 4 is 11.8 Å². The van der Waals surface area contributed by atoms with Crippen molar-refractivity contribution in [3.63, 3.8) is 0 Å². The van der Waals surface area contributed by atoms with Gasteiger partial charge < -0.3 is 4.74 Å². The lowest BCUT2D eigenvalue weighted by Crippen LogP contribution is -2.56. The first-order valence-electron chi connectivity index (χ1n) is 9.89. The molecule has 160 valence electrons. The fraction of sp³-hybridized carbons (Fsp3) is 0.250. The van der Waals surface area contributed by atoms with E-state index in [1.54, 1.807) is 55.9 Å². The Bertz CT molecular complexity index is 1090. The maximum Gasteiger partial charge on any atom is 0.273 e. The summed E-state index contributed by atoms with van der Waals surface area (Å²) in [5.41, 5.74) is 5.20. The fourth-order valence-corrected chi connectivity index (χ4v) is 3.26. The van der Waals surface area contributed by atoms with Crippen LogP contribution in [0.3, 0.4) is 0 Å². The molecule has 3 rings (SSSR count). The smallest absolute Gasteiger partial charge is 0.273 e. The third-order valence-electron chi connectivity index (χ3n) is 4.89. The Morgan fingerprint density at radius 2 is 1.68 bits per heavy atom. The Morgan fingerprint density at radius 1 is 0.968 bits per heavy atom. The summed E-state index contributed by atoms with van der Waals surface area (Å²) in [7, 11) is 1.56. The molecule has 0 atom stereocenters. The molecule has 0 radical (unpaired) electrons. The molecule has 3 aromatic rings. The highest BCUT2D eigenvalue weighted by molar-refractivity contribution is 6.03. The van der Waals surface area contributed by atoms with Crippen molar-refractivity contribution in [1.29, 1.82) is 0 Å². The average molecular weight is 418 g/mol. The van der Waals surface area contributed by atoms with Crippen LogP contribution in [0.15, 0.2) is 60.9 Å². The molecule has 2 amide bonds. The van der Waals surface area contributed by atoms with Crippen LogP contribution in [0.4, 0.5) is 0 Å². The minimum absolute atomic E-state index is 0.325. The number of carbonyl (C=O) groups is 2. The topological polar surface area (TPSA) is 84.4 Å². The molecule has 7 heteroatoms. The van der Waals surface area contributed by atoms with E-state index in [0.717, 1.165) is 5.56 Å². The lowest BCUT2D eigenvalue weighted by atomic mass is 9.99. The molecule has 0 aliphatic rings. The molecule has 0 saturated carbocycles. The van der Waals surface area contributed by atoms with Crippen LogP contribution in [-0.2, 0) is 0 Å². The molecule has 1 heterocycles. The van der Waals surface area contributed by atoms with Gasteiger partial charge in [0, 0.05) is 22.3 Å². The standard InChI is InChI=1S/C24H26N4O3/c1-16-18(11-8-12-21(16)31-5)22(29)27-28(24(2,3)4)23(30)20-10-7-6-9-19(20)17-13-14-25-26-15-17/h6-15H,1-5H3,(H,27,29). The molecule has 0 spiro atoms. The van der Waals surface area contributed by atoms with Crippen molar-refractivity contribution in [2.75, 3.05) is 7.11 Å². The molecular weight excluding hydrogens is 392 g/mol. The van der Waals surface area contributed by atoms with E-state index in [0.29, 0.717) is 28.0 Å². The van der Waals surface area contributed by atoms with Crippen molar-refractivity contribution in [3.05, 3.63) is 77.6 Å². The van der Waals surface area contributed by atoms with Gasteiger partial charge in [-0.25, -0.2) is 5.01 Å². The first-order valence-corrected chi connectivity index (χ1v) is 9.89. The van der Waals surface area contributed by atoms with Gasteiger partial charge in [0.05, 0.1) is 25.0 Å². The predicted octanol–water partition coefficient (Wildman–Crippen LogP) is 4.05. The van der Waals surface area contributed by atoms with Gasteiger partial charge in [0.15, 0.2) is 0 Å². The SMILES string of the molecule is COc1cccc(C(=O)NN(C(=O)c2ccccc2-c2ccnnc2)C(C)(C)C)c1C. The zero-order valence-corrected chi connectivity index (χ0v) is 18.3. The monoisotopic (exact) mass is 418 g/mol. The van der Waals surface area contributed by atoms with Crippen molar-refractivity contribution < 1.29 is 14.3 Å². The number of nitrogens with one attached hydrogen (secondary N) is 1. The van der Waals surface area contributed by atoms with Gasteiger partial charge in [0.25, 0.3) is 11.8 Å². The second-order valence-corrected chi connectivity index (χ2v) is 8.06. The molecule has 0 aliphatic carbocycles. The van der Waals surface area contributed by atoms with Crippen LogP contribution in [0.5, 0.6) is 5.75 Å². The van der Waals surface area contributed by atoms with E-state index in [1.807, 2.05) is 39.8 Å². The van der Waals surface area contributed by atoms with Gasteiger partial charge in [-0.1, -0.05) is 24.3 Å². The Kier molecular flexibility index (Phi) is 6.34. The number of amides is 2. The minimum atomic E-state index is -0.677. The van der Waals surface area contributed by atoms with E-state index in [4.69, 9.17) is 4.74 Å². The number of carbonyl (C=O) groups excluding carboxylic acids is 2. The van der Waals surface area contributed by atoms with Crippen molar-refractivity contribution in [2.24, 2.45) is 0 Å².